The molecule has 0 saturated carbocycles. The Bertz CT molecular complexity index is 794. The normalized spacial score (nSPS) is 22.9. The van der Waals surface area contributed by atoms with Gasteiger partial charge in [-0.25, -0.2) is 4.79 Å². The zero-order valence-electron chi connectivity index (χ0n) is 19.0. The molecular formula is C23H33N3O6. The zero-order valence-corrected chi connectivity index (χ0v) is 19.0. The molecule has 2 heterocycles. The molecule has 2 saturated heterocycles. The van der Waals surface area contributed by atoms with Crippen LogP contribution in [0.25, 0.3) is 0 Å². The Kier molecular flexibility index (Phi) is 8.22. The number of rotatable bonds is 8. The number of ether oxygens (including phenoxy) is 2. The summed E-state index contributed by atoms with van der Waals surface area (Å²) in [6.07, 6.45) is -0.158. The van der Waals surface area contributed by atoms with Crippen LogP contribution in [0.3, 0.4) is 0 Å². The van der Waals surface area contributed by atoms with E-state index in [0.29, 0.717) is 39.1 Å². The number of amides is 2. The average molecular weight is 448 g/mol. The molecule has 2 amide bonds. The molecule has 32 heavy (non-hydrogen) atoms. The van der Waals surface area contributed by atoms with E-state index in [1.165, 1.54) is 5.06 Å². The van der Waals surface area contributed by atoms with Crippen molar-refractivity contribution in [1.29, 1.82) is 0 Å². The summed E-state index contributed by atoms with van der Waals surface area (Å²) in [7, 11) is 0. The van der Waals surface area contributed by atoms with Crippen molar-refractivity contribution in [2.24, 2.45) is 0 Å². The zero-order chi connectivity index (χ0) is 23.1. The van der Waals surface area contributed by atoms with Gasteiger partial charge >= 0.3 is 6.09 Å². The molecule has 3 atom stereocenters. The first-order valence-corrected chi connectivity index (χ1v) is 11.1. The lowest BCUT2D eigenvalue weighted by Gasteiger charge is -2.32. The van der Waals surface area contributed by atoms with Crippen LogP contribution < -0.4 is 10.6 Å². The summed E-state index contributed by atoms with van der Waals surface area (Å²) in [4.78, 5) is 43.4. The van der Waals surface area contributed by atoms with Gasteiger partial charge in [0.1, 0.15) is 18.7 Å². The molecule has 0 bridgehead atoms. The Hall–Kier alpha value is -2.49. The van der Waals surface area contributed by atoms with Gasteiger partial charge in [0.15, 0.2) is 5.78 Å². The van der Waals surface area contributed by atoms with Crippen molar-refractivity contribution >= 4 is 17.8 Å². The lowest BCUT2D eigenvalue weighted by atomic mass is 9.79. The van der Waals surface area contributed by atoms with Crippen molar-refractivity contribution in [1.82, 2.24) is 15.7 Å². The maximum atomic E-state index is 13.2. The largest absolute Gasteiger partial charge is 0.426 e. The van der Waals surface area contributed by atoms with E-state index in [1.54, 1.807) is 0 Å². The highest BCUT2D eigenvalue weighted by atomic mass is 16.7. The molecule has 9 heteroatoms. The summed E-state index contributed by atoms with van der Waals surface area (Å²) < 4.78 is 10.7. The van der Waals surface area contributed by atoms with Crippen LogP contribution in [0.5, 0.6) is 0 Å². The predicted molar refractivity (Wildman–Crippen MR) is 117 cm³/mol. The SMILES string of the molecule is CCC1OCC(=O)C1NC(=O)[C@H](CC(C)(C)c1ccccc1)NC(=O)ON1CCOCC1. The highest BCUT2D eigenvalue weighted by Crippen LogP contribution is 2.28. The molecule has 1 aromatic carbocycles. The van der Waals surface area contributed by atoms with Gasteiger partial charge in [0.2, 0.25) is 5.91 Å². The van der Waals surface area contributed by atoms with Crippen LogP contribution in [0.2, 0.25) is 0 Å². The number of morpholine rings is 1. The second kappa shape index (κ2) is 10.9. The number of ketones is 1. The van der Waals surface area contributed by atoms with Crippen molar-refractivity contribution in [3.8, 4) is 0 Å². The summed E-state index contributed by atoms with van der Waals surface area (Å²) in [5, 5.41) is 7.01. The monoisotopic (exact) mass is 447 g/mol. The van der Waals surface area contributed by atoms with Crippen molar-refractivity contribution in [3.05, 3.63) is 35.9 Å². The van der Waals surface area contributed by atoms with Gasteiger partial charge in [0, 0.05) is 0 Å². The molecule has 2 N–H and O–H groups in total. The highest BCUT2D eigenvalue weighted by Gasteiger charge is 2.39. The molecule has 1 aromatic rings. The molecule has 2 aliphatic heterocycles. The van der Waals surface area contributed by atoms with Crippen LogP contribution in [0, 0.1) is 0 Å². The number of hydrogen-bond donors (Lipinski definition) is 2. The first kappa shape index (κ1) is 24.2. The van der Waals surface area contributed by atoms with Crippen LogP contribution in [0.1, 0.15) is 39.2 Å². The minimum atomic E-state index is -0.898. The van der Waals surface area contributed by atoms with Crippen LogP contribution >= 0.6 is 0 Å². The second-order valence-electron chi connectivity index (χ2n) is 8.78. The molecule has 2 aliphatic rings. The van der Waals surface area contributed by atoms with E-state index in [2.05, 4.69) is 10.6 Å². The molecule has 9 nitrogen and oxygen atoms in total. The first-order chi connectivity index (χ1) is 15.3. The number of nitrogens with zero attached hydrogens (tertiary/aromatic N) is 1. The summed E-state index contributed by atoms with van der Waals surface area (Å²) in [5.74, 6) is -0.600. The second-order valence-corrected chi connectivity index (χ2v) is 8.78. The number of benzene rings is 1. The summed E-state index contributed by atoms with van der Waals surface area (Å²) in [6, 6.07) is 8.17. The van der Waals surface area contributed by atoms with E-state index in [0.717, 1.165) is 5.56 Å². The summed E-state index contributed by atoms with van der Waals surface area (Å²) in [6.45, 7) is 7.78. The molecular weight excluding hydrogens is 414 g/mol. The third kappa shape index (κ3) is 6.27. The topological polar surface area (TPSA) is 106 Å². The number of hydrogen-bond acceptors (Lipinski definition) is 7. The van der Waals surface area contributed by atoms with Gasteiger partial charge in [-0.2, -0.15) is 0 Å². The molecule has 0 aromatic heterocycles. The molecule has 0 aliphatic carbocycles. The fraction of sp³-hybridized carbons (Fsp3) is 0.609. The smallest absolute Gasteiger partial charge is 0.379 e. The Morgan fingerprint density at radius 2 is 1.91 bits per heavy atom. The number of carbonyl (C=O) groups is 3. The van der Waals surface area contributed by atoms with E-state index in [-0.39, 0.29) is 18.5 Å². The lowest BCUT2D eigenvalue weighted by molar-refractivity contribution is -0.147. The maximum Gasteiger partial charge on any atom is 0.426 e. The standard InChI is InChI=1S/C23H33N3O6/c1-4-19-20(18(27)15-31-19)25-21(28)17(14-23(2,3)16-8-6-5-7-9-16)24-22(29)32-26-10-12-30-13-11-26/h5-9,17,19-20H,4,10-15H2,1-3H3,(H,24,29)(H,25,28)/t17-,19?,20?/m0/s1. The quantitative estimate of drug-likeness (QED) is 0.623. The minimum absolute atomic E-state index is 0.0177. The van der Waals surface area contributed by atoms with Gasteiger partial charge in [0.05, 0.1) is 32.4 Å². The molecule has 3 rings (SSSR count). The Balaban J connectivity index is 1.72. The number of carbonyl (C=O) groups excluding carboxylic acids is 3. The summed E-state index contributed by atoms with van der Waals surface area (Å²) in [5.41, 5.74) is 0.614. The van der Waals surface area contributed by atoms with Gasteiger partial charge in [-0.3, -0.25) is 9.59 Å². The van der Waals surface area contributed by atoms with Gasteiger partial charge in [-0.05, 0) is 23.8 Å². The Morgan fingerprint density at radius 3 is 2.56 bits per heavy atom. The molecule has 176 valence electrons. The third-order valence-corrected chi connectivity index (χ3v) is 5.92. The lowest BCUT2D eigenvalue weighted by Crippen LogP contribution is -2.55. The average Bonchev–Trinajstić information content (AvgIpc) is 3.13. The predicted octanol–water partition coefficient (Wildman–Crippen LogP) is 1.56. The molecule has 0 spiro atoms. The number of Topliss-reactive ketones (excluding diaryl/α,β-unsaturated/α-hetero) is 1. The fourth-order valence-corrected chi connectivity index (χ4v) is 4.01. The van der Waals surface area contributed by atoms with Crippen LogP contribution in [0.4, 0.5) is 4.79 Å². The molecule has 0 radical (unpaired) electrons. The van der Waals surface area contributed by atoms with Crippen molar-refractivity contribution in [2.45, 2.75) is 57.2 Å². The van der Waals surface area contributed by atoms with E-state index in [4.69, 9.17) is 14.3 Å². The van der Waals surface area contributed by atoms with Crippen LogP contribution in [-0.4, -0.2) is 73.9 Å². The fourth-order valence-electron chi connectivity index (χ4n) is 4.01. The molecule has 2 unspecified atom stereocenters. The summed E-state index contributed by atoms with van der Waals surface area (Å²) >= 11 is 0. The van der Waals surface area contributed by atoms with Gasteiger partial charge in [0.25, 0.3) is 0 Å². The van der Waals surface area contributed by atoms with Crippen LogP contribution in [-0.2, 0) is 29.3 Å². The molecule has 2 fully saturated rings. The van der Waals surface area contributed by atoms with Gasteiger partial charge in [-0.15, -0.1) is 5.06 Å². The Labute approximate surface area is 188 Å². The van der Waals surface area contributed by atoms with E-state index in [1.807, 2.05) is 51.1 Å². The number of nitrogens with one attached hydrogen (secondary N) is 2. The minimum Gasteiger partial charge on any atom is -0.379 e. The van der Waals surface area contributed by atoms with E-state index >= 15 is 0 Å². The maximum absolute atomic E-state index is 13.2. The Morgan fingerprint density at radius 1 is 1.22 bits per heavy atom. The van der Waals surface area contributed by atoms with Crippen molar-refractivity contribution < 1.29 is 28.7 Å². The van der Waals surface area contributed by atoms with Gasteiger partial charge < -0.3 is 24.9 Å². The third-order valence-electron chi connectivity index (χ3n) is 5.92. The van der Waals surface area contributed by atoms with Crippen molar-refractivity contribution in [3.63, 3.8) is 0 Å². The van der Waals surface area contributed by atoms with E-state index in [9.17, 15) is 14.4 Å². The van der Waals surface area contributed by atoms with Crippen molar-refractivity contribution in [2.75, 3.05) is 32.9 Å². The van der Waals surface area contributed by atoms with Crippen LogP contribution in [0.15, 0.2) is 30.3 Å². The van der Waals surface area contributed by atoms with Gasteiger partial charge in [-0.1, -0.05) is 51.1 Å². The van der Waals surface area contributed by atoms with E-state index < -0.39 is 29.5 Å². The number of hydroxylamine groups is 2. The highest BCUT2D eigenvalue weighted by molar-refractivity contribution is 5.94. The first-order valence-electron chi connectivity index (χ1n) is 11.1.